The third kappa shape index (κ3) is 2.68. The number of anilines is 1. The summed E-state index contributed by atoms with van der Waals surface area (Å²) in [6.07, 6.45) is 0. The van der Waals surface area contributed by atoms with Gasteiger partial charge in [0, 0.05) is 11.8 Å². The first-order valence-corrected chi connectivity index (χ1v) is 5.56. The molecule has 1 aromatic carbocycles. The van der Waals surface area contributed by atoms with Gasteiger partial charge in [-0.1, -0.05) is 11.2 Å². The van der Waals surface area contributed by atoms with Gasteiger partial charge in [-0.25, -0.2) is 4.79 Å². The Hall–Kier alpha value is -2.30. The Bertz CT molecular complexity index is 575. The number of carboxylic acids is 1. The van der Waals surface area contributed by atoms with E-state index in [4.69, 9.17) is 9.63 Å². The van der Waals surface area contributed by atoms with E-state index < -0.39 is 5.97 Å². The normalized spacial score (nSPS) is 10.3. The van der Waals surface area contributed by atoms with E-state index in [0.717, 1.165) is 17.0 Å². The first-order valence-electron chi connectivity index (χ1n) is 5.56. The zero-order valence-corrected chi connectivity index (χ0v) is 10.2. The van der Waals surface area contributed by atoms with Gasteiger partial charge in [0.05, 0.1) is 12.1 Å². The van der Waals surface area contributed by atoms with E-state index in [-0.39, 0.29) is 5.56 Å². The zero-order valence-electron chi connectivity index (χ0n) is 10.2. The first-order chi connectivity index (χ1) is 8.56. The number of carboxylic acid groups (broad SMARTS) is 1. The molecule has 0 spiro atoms. The number of hydrogen-bond acceptors (Lipinski definition) is 4. The van der Waals surface area contributed by atoms with E-state index in [1.165, 1.54) is 0 Å². The molecule has 0 saturated heterocycles. The fourth-order valence-corrected chi connectivity index (χ4v) is 1.68. The highest BCUT2D eigenvalue weighted by molar-refractivity contribution is 5.94. The molecule has 2 rings (SSSR count). The Balaban J connectivity index is 2.17. The predicted octanol–water partition coefficient (Wildman–Crippen LogP) is 2.60. The largest absolute Gasteiger partial charge is 0.478 e. The number of aromatic carboxylic acids is 1. The molecule has 0 saturated carbocycles. The molecule has 1 aromatic heterocycles. The summed E-state index contributed by atoms with van der Waals surface area (Å²) in [7, 11) is 0. The van der Waals surface area contributed by atoms with E-state index >= 15 is 0 Å². The van der Waals surface area contributed by atoms with Crippen molar-refractivity contribution in [3.8, 4) is 0 Å². The van der Waals surface area contributed by atoms with Crippen LogP contribution in [0.1, 0.15) is 27.4 Å². The second-order valence-electron chi connectivity index (χ2n) is 4.14. The van der Waals surface area contributed by atoms with Crippen molar-refractivity contribution in [2.24, 2.45) is 0 Å². The van der Waals surface area contributed by atoms with E-state index in [2.05, 4.69) is 10.5 Å². The number of carbonyl (C=O) groups is 1. The highest BCUT2D eigenvalue weighted by Gasteiger charge is 2.10. The van der Waals surface area contributed by atoms with Crippen LogP contribution in [-0.2, 0) is 6.54 Å². The standard InChI is InChI=1S/C13H14N2O3/c1-8-3-4-11(13(16)17)12(5-8)14-7-10-6-9(2)18-15-10/h3-6,14H,7H2,1-2H3,(H,16,17). The molecule has 0 aliphatic rings. The van der Waals surface area contributed by atoms with E-state index in [9.17, 15) is 4.79 Å². The molecule has 0 bridgehead atoms. The predicted molar refractivity (Wildman–Crippen MR) is 66.7 cm³/mol. The average Bonchev–Trinajstić information content (AvgIpc) is 2.72. The molecule has 0 amide bonds. The van der Waals surface area contributed by atoms with Gasteiger partial charge in [0.1, 0.15) is 11.5 Å². The summed E-state index contributed by atoms with van der Waals surface area (Å²) < 4.78 is 4.95. The summed E-state index contributed by atoms with van der Waals surface area (Å²) in [5, 5.41) is 16.0. The number of nitrogens with zero attached hydrogens (tertiary/aromatic N) is 1. The minimum Gasteiger partial charge on any atom is -0.478 e. The fourth-order valence-electron chi connectivity index (χ4n) is 1.68. The summed E-state index contributed by atoms with van der Waals surface area (Å²) >= 11 is 0. The summed E-state index contributed by atoms with van der Waals surface area (Å²) in [6.45, 7) is 4.16. The zero-order chi connectivity index (χ0) is 13.1. The third-order valence-corrected chi connectivity index (χ3v) is 2.54. The lowest BCUT2D eigenvalue weighted by Gasteiger charge is -2.08. The van der Waals surface area contributed by atoms with Crippen LogP contribution in [0.5, 0.6) is 0 Å². The van der Waals surface area contributed by atoms with Gasteiger partial charge < -0.3 is 14.9 Å². The highest BCUT2D eigenvalue weighted by Crippen LogP contribution is 2.18. The number of nitrogens with one attached hydrogen (secondary N) is 1. The van der Waals surface area contributed by atoms with Crippen LogP contribution in [0.3, 0.4) is 0 Å². The molecular formula is C13H14N2O3. The van der Waals surface area contributed by atoms with E-state index in [1.54, 1.807) is 18.2 Å². The number of rotatable bonds is 4. The van der Waals surface area contributed by atoms with Gasteiger partial charge in [-0.2, -0.15) is 0 Å². The van der Waals surface area contributed by atoms with E-state index in [0.29, 0.717) is 12.2 Å². The molecule has 2 aromatic rings. The SMILES string of the molecule is Cc1ccc(C(=O)O)c(NCc2cc(C)on2)c1. The first kappa shape index (κ1) is 12.2. The molecule has 2 N–H and O–H groups in total. The molecule has 94 valence electrons. The third-order valence-electron chi connectivity index (χ3n) is 2.54. The Morgan fingerprint density at radius 1 is 1.39 bits per heavy atom. The van der Waals surface area contributed by atoms with E-state index in [1.807, 2.05) is 19.9 Å². The Morgan fingerprint density at radius 2 is 2.17 bits per heavy atom. The highest BCUT2D eigenvalue weighted by atomic mass is 16.5. The van der Waals surface area contributed by atoms with Gasteiger partial charge >= 0.3 is 5.97 Å². The molecular weight excluding hydrogens is 232 g/mol. The van der Waals surface area contributed by atoms with Gasteiger partial charge in [-0.05, 0) is 31.5 Å². The van der Waals surface area contributed by atoms with Crippen molar-refractivity contribution >= 4 is 11.7 Å². The van der Waals surface area contributed by atoms with Gasteiger partial charge in [0.15, 0.2) is 0 Å². The van der Waals surface area contributed by atoms with Crippen molar-refractivity contribution in [2.75, 3.05) is 5.32 Å². The summed E-state index contributed by atoms with van der Waals surface area (Å²) in [5.41, 5.74) is 2.58. The maximum Gasteiger partial charge on any atom is 0.337 e. The number of aromatic nitrogens is 1. The molecule has 5 heteroatoms. The maximum atomic E-state index is 11.1. The second-order valence-corrected chi connectivity index (χ2v) is 4.14. The number of aryl methyl sites for hydroxylation is 2. The quantitative estimate of drug-likeness (QED) is 0.867. The van der Waals surface area contributed by atoms with Crippen molar-refractivity contribution in [1.29, 1.82) is 0 Å². The molecule has 0 fully saturated rings. The minimum atomic E-state index is -0.950. The molecule has 1 heterocycles. The number of hydrogen-bond donors (Lipinski definition) is 2. The van der Waals surface area contributed by atoms with Crippen molar-refractivity contribution in [3.63, 3.8) is 0 Å². The molecule has 0 unspecified atom stereocenters. The van der Waals surface area contributed by atoms with Crippen molar-refractivity contribution in [3.05, 3.63) is 46.8 Å². The summed E-state index contributed by atoms with van der Waals surface area (Å²) in [5.74, 6) is -0.219. The van der Waals surface area contributed by atoms with Crippen LogP contribution in [0, 0.1) is 13.8 Å². The molecule has 0 radical (unpaired) electrons. The van der Waals surface area contributed by atoms with Crippen LogP contribution in [-0.4, -0.2) is 16.2 Å². The molecule has 18 heavy (non-hydrogen) atoms. The van der Waals surface area contributed by atoms with Gasteiger partial charge in [0.2, 0.25) is 0 Å². The van der Waals surface area contributed by atoms with Crippen molar-refractivity contribution < 1.29 is 14.4 Å². The lowest BCUT2D eigenvalue weighted by molar-refractivity contribution is 0.0698. The topological polar surface area (TPSA) is 75.4 Å². The molecule has 5 nitrogen and oxygen atoms in total. The lowest BCUT2D eigenvalue weighted by Crippen LogP contribution is -2.06. The molecule has 0 atom stereocenters. The van der Waals surface area contributed by atoms with Crippen molar-refractivity contribution in [1.82, 2.24) is 5.16 Å². The second kappa shape index (κ2) is 4.91. The Labute approximate surface area is 104 Å². The van der Waals surface area contributed by atoms with Crippen LogP contribution in [0.15, 0.2) is 28.8 Å². The fraction of sp³-hybridized carbons (Fsp3) is 0.231. The van der Waals surface area contributed by atoms with Crippen LogP contribution in [0.25, 0.3) is 0 Å². The number of benzene rings is 1. The Kier molecular flexibility index (Phi) is 3.32. The summed E-state index contributed by atoms with van der Waals surface area (Å²) in [6, 6.07) is 6.97. The Morgan fingerprint density at radius 3 is 2.78 bits per heavy atom. The molecule has 0 aliphatic heterocycles. The average molecular weight is 246 g/mol. The lowest BCUT2D eigenvalue weighted by atomic mass is 10.1. The van der Waals surface area contributed by atoms with Crippen LogP contribution >= 0.6 is 0 Å². The maximum absolute atomic E-state index is 11.1. The van der Waals surface area contributed by atoms with Gasteiger partial charge in [0.25, 0.3) is 0 Å². The van der Waals surface area contributed by atoms with Gasteiger partial charge in [-0.15, -0.1) is 0 Å². The van der Waals surface area contributed by atoms with Crippen molar-refractivity contribution in [2.45, 2.75) is 20.4 Å². The van der Waals surface area contributed by atoms with Crippen LogP contribution in [0.2, 0.25) is 0 Å². The van der Waals surface area contributed by atoms with Crippen LogP contribution in [0.4, 0.5) is 5.69 Å². The monoisotopic (exact) mass is 246 g/mol. The molecule has 0 aliphatic carbocycles. The minimum absolute atomic E-state index is 0.251. The summed E-state index contributed by atoms with van der Waals surface area (Å²) in [4.78, 5) is 11.1. The smallest absolute Gasteiger partial charge is 0.337 e. The van der Waals surface area contributed by atoms with Crippen LogP contribution < -0.4 is 5.32 Å². The van der Waals surface area contributed by atoms with Gasteiger partial charge in [-0.3, -0.25) is 0 Å².